The second-order valence-corrected chi connectivity index (χ2v) is 10.4. The lowest BCUT2D eigenvalue weighted by molar-refractivity contribution is 0.0924. The Morgan fingerprint density at radius 3 is 2.31 bits per heavy atom. The minimum Gasteiger partial charge on any atom is -0.397 e. The third-order valence-electron chi connectivity index (χ3n) is 5.11. The van der Waals surface area contributed by atoms with Crippen molar-refractivity contribution in [2.24, 2.45) is 0 Å². The van der Waals surface area contributed by atoms with Crippen LogP contribution in [-0.4, -0.2) is 46.4 Å². The molecular formula is C26H28N6O2S. The second-order valence-electron chi connectivity index (χ2n) is 9.40. The Morgan fingerprint density at radius 1 is 0.971 bits per heavy atom. The predicted octanol–water partition coefficient (Wildman–Crippen LogP) is 5.23. The molecule has 0 aliphatic carbocycles. The molecule has 2 aromatic carbocycles. The standard InChI is InChI=1S/C26H28N6O2S/c1-26(2,3)31-23(33)21-19(27)18-20(16-12-9-13-17(14-16)28-25(34)32(4)5)29-22(30-24(18)35-21)15-10-7-6-8-11-15/h6-14H,27H2,1-5H3,(H,28,34)(H,31,33). The fourth-order valence-electron chi connectivity index (χ4n) is 3.49. The zero-order valence-electron chi connectivity index (χ0n) is 20.3. The molecule has 0 radical (unpaired) electrons. The molecule has 0 saturated heterocycles. The maximum Gasteiger partial charge on any atom is 0.321 e. The topological polar surface area (TPSA) is 113 Å². The molecule has 0 bridgehead atoms. The van der Waals surface area contributed by atoms with Crippen LogP contribution in [0.15, 0.2) is 54.6 Å². The number of urea groups is 1. The van der Waals surface area contributed by atoms with Crippen molar-refractivity contribution in [3.63, 3.8) is 0 Å². The number of nitrogens with one attached hydrogen (secondary N) is 2. The average Bonchev–Trinajstić information content (AvgIpc) is 3.14. The molecule has 4 aromatic rings. The zero-order valence-corrected chi connectivity index (χ0v) is 21.2. The maximum atomic E-state index is 13.0. The fraction of sp³-hybridized carbons (Fsp3) is 0.231. The molecule has 0 aliphatic rings. The van der Waals surface area contributed by atoms with Gasteiger partial charge in [0.25, 0.3) is 5.91 Å². The van der Waals surface area contributed by atoms with Crippen LogP contribution in [0.5, 0.6) is 0 Å². The van der Waals surface area contributed by atoms with E-state index in [0.29, 0.717) is 38.0 Å². The molecule has 4 N–H and O–H groups in total. The van der Waals surface area contributed by atoms with E-state index in [1.54, 1.807) is 20.2 Å². The summed E-state index contributed by atoms with van der Waals surface area (Å²) in [5, 5.41) is 6.45. The van der Waals surface area contributed by atoms with E-state index in [4.69, 9.17) is 15.7 Å². The van der Waals surface area contributed by atoms with Gasteiger partial charge in [0.1, 0.15) is 9.71 Å². The molecule has 0 unspecified atom stereocenters. The lowest BCUT2D eigenvalue weighted by atomic mass is 10.1. The van der Waals surface area contributed by atoms with Crippen LogP contribution in [-0.2, 0) is 0 Å². The van der Waals surface area contributed by atoms with Gasteiger partial charge in [-0.25, -0.2) is 14.8 Å². The van der Waals surface area contributed by atoms with Gasteiger partial charge < -0.3 is 21.3 Å². The second kappa shape index (κ2) is 9.34. The van der Waals surface area contributed by atoms with E-state index in [1.165, 1.54) is 16.2 Å². The number of fused-ring (bicyclic) bond motifs is 1. The summed E-state index contributed by atoms with van der Waals surface area (Å²) in [5.74, 6) is 0.275. The summed E-state index contributed by atoms with van der Waals surface area (Å²) in [6.07, 6.45) is 0. The molecule has 9 heteroatoms. The highest BCUT2D eigenvalue weighted by Gasteiger charge is 2.25. The van der Waals surface area contributed by atoms with E-state index >= 15 is 0 Å². The van der Waals surface area contributed by atoms with Crippen LogP contribution < -0.4 is 16.4 Å². The van der Waals surface area contributed by atoms with Gasteiger partial charge in [0.2, 0.25) is 0 Å². The highest BCUT2D eigenvalue weighted by molar-refractivity contribution is 7.21. The molecule has 0 aliphatic heterocycles. The van der Waals surface area contributed by atoms with Crippen molar-refractivity contribution >= 4 is 44.9 Å². The van der Waals surface area contributed by atoms with E-state index in [0.717, 1.165) is 11.1 Å². The number of nitrogen functional groups attached to an aromatic ring is 1. The molecule has 2 aromatic heterocycles. The van der Waals surface area contributed by atoms with Gasteiger partial charge in [-0.1, -0.05) is 42.5 Å². The number of carbonyl (C=O) groups excluding carboxylic acids is 2. The summed E-state index contributed by atoms with van der Waals surface area (Å²) in [4.78, 5) is 37.3. The first-order valence-corrected chi connectivity index (χ1v) is 11.9. The van der Waals surface area contributed by atoms with Gasteiger partial charge in [-0.05, 0) is 32.9 Å². The number of hydrogen-bond donors (Lipinski definition) is 3. The lowest BCUT2D eigenvalue weighted by Gasteiger charge is -2.20. The smallest absolute Gasteiger partial charge is 0.321 e. The number of benzene rings is 2. The van der Waals surface area contributed by atoms with E-state index in [9.17, 15) is 9.59 Å². The van der Waals surface area contributed by atoms with Crippen molar-refractivity contribution < 1.29 is 9.59 Å². The van der Waals surface area contributed by atoms with Gasteiger partial charge in [0.05, 0.1) is 16.8 Å². The normalized spacial score (nSPS) is 11.3. The minimum atomic E-state index is -0.414. The number of thiophene rings is 1. The van der Waals surface area contributed by atoms with E-state index in [-0.39, 0.29) is 11.9 Å². The lowest BCUT2D eigenvalue weighted by Crippen LogP contribution is -2.40. The number of amides is 3. The third kappa shape index (κ3) is 5.25. The quantitative estimate of drug-likeness (QED) is 0.364. The number of carbonyl (C=O) groups is 2. The van der Waals surface area contributed by atoms with Crippen molar-refractivity contribution in [1.29, 1.82) is 0 Å². The van der Waals surface area contributed by atoms with E-state index in [1.807, 2.05) is 69.3 Å². The molecule has 8 nitrogen and oxygen atoms in total. The Morgan fingerprint density at radius 2 is 1.66 bits per heavy atom. The highest BCUT2D eigenvalue weighted by Crippen LogP contribution is 2.40. The van der Waals surface area contributed by atoms with Gasteiger partial charge in [-0.15, -0.1) is 11.3 Å². The molecule has 0 fully saturated rings. The minimum absolute atomic E-state index is 0.240. The molecule has 3 amide bonds. The molecule has 35 heavy (non-hydrogen) atoms. The maximum absolute atomic E-state index is 13.0. The van der Waals surface area contributed by atoms with Crippen LogP contribution in [0.4, 0.5) is 16.2 Å². The molecule has 0 saturated carbocycles. The summed E-state index contributed by atoms with van der Waals surface area (Å²) in [6, 6.07) is 16.8. The summed E-state index contributed by atoms with van der Waals surface area (Å²) in [6.45, 7) is 5.75. The first-order chi connectivity index (χ1) is 16.5. The summed E-state index contributed by atoms with van der Waals surface area (Å²) in [7, 11) is 3.35. The van der Waals surface area contributed by atoms with Crippen LogP contribution in [0.2, 0.25) is 0 Å². The molecule has 0 spiro atoms. The van der Waals surface area contributed by atoms with Gasteiger partial charge in [0, 0.05) is 36.4 Å². The molecular weight excluding hydrogens is 460 g/mol. The number of nitrogens with zero attached hydrogens (tertiary/aromatic N) is 3. The third-order valence-corrected chi connectivity index (χ3v) is 6.21. The largest absolute Gasteiger partial charge is 0.397 e. The summed E-state index contributed by atoms with van der Waals surface area (Å²) < 4.78 is 0. The summed E-state index contributed by atoms with van der Waals surface area (Å²) in [5.41, 5.74) is 9.27. The van der Waals surface area contributed by atoms with Crippen molar-refractivity contribution in [1.82, 2.24) is 20.2 Å². The van der Waals surface area contributed by atoms with Crippen LogP contribution in [0.25, 0.3) is 32.9 Å². The predicted molar refractivity (Wildman–Crippen MR) is 143 cm³/mol. The monoisotopic (exact) mass is 488 g/mol. The molecule has 180 valence electrons. The van der Waals surface area contributed by atoms with Crippen molar-refractivity contribution in [2.45, 2.75) is 26.3 Å². The van der Waals surface area contributed by atoms with E-state index < -0.39 is 5.54 Å². The average molecular weight is 489 g/mol. The van der Waals surface area contributed by atoms with E-state index in [2.05, 4.69) is 10.6 Å². The number of nitrogens with two attached hydrogens (primary N) is 1. The Hall–Kier alpha value is -3.98. The van der Waals surface area contributed by atoms with Crippen molar-refractivity contribution in [3.05, 3.63) is 59.5 Å². The summed E-state index contributed by atoms with van der Waals surface area (Å²) >= 11 is 1.24. The van der Waals surface area contributed by atoms with Crippen molar-refractivity contribution in [2.75, 3.05) is 25.1 Å². The van der Waals surface area contributed by atoms with Crippen LogP contribution in [0, 0.1) is 0 Å². The van der Waals surface area contributed by atoms with Crippen LogP contribution >= 0.6 is 11.3 Å². The SMILES string of the molecule is CN(C)C(=O)Nc1cccc(-c2nc(-c3ccccc3)nc3sc(C(=O)NC(C)(C)C)c(N)c23)c1. The molecule has 0 atom stereocenters. The van der Waals surface area contributed by atoms with Gasteiger partial charge >= 0.3 is 6.03 Å². The fourth-order valence-corrected chi connectivity index (χ4v) is 4.48. The first-order valence-electron chi connectivity index (χ1n) is 11.1. The Kier molecular flexibility index (Phi) is 6.45. The Bertz CT molecular complexity index is 1410. The number of anilines is 2. The first kappa shape index (κ1) is 24.2. The van der Waals surface area contributed by atoms with Gasteiger partial charge in [-0.3, -0.25) is 4.79 Å². The number of hydrogen-bond acceptors (Lipinski definition) is 6. The Balaban J connectivity index is 1.91. The van der Waals surface area contributed by atoms with Crippen LogP contribution in [0.3, 0.4) is 0 Å². The van der Waals surface area contributed by atoms with Crippen LogP contribution in [0.1, 0.15) is 30.4 Å². The van der Waals surface area contributed by atoms with Crippen molar-refractivity contribution in [3.8, 4) is 22.6 Å². The van der Waals surface area contributed by atoms with Gasteiger partial charge in [-0.2, -0.15) is 0 Å². The zero-order chi connectivity index (χ0) is 25.3. The Labute approximate surface area is 208 Å². The highest BCUT2D eigenvalue weighted by atomic mass is 32.1. The molecule has 4 rings (SSSR count). The number of aromatic nitrogens is 2. The van der Waals surface area contributed by atoms with Gasteiger partial charge in [0.15, 0.2) is 5.82 Å². The number of rotatable bonds is 4. The molecule has 2 heterocycles.